The Balaban J connectivity index is 1.69. The number of methoxy groups -OCH3 is 1. The Labute approximate surface area is 306 Å². The number of carbonyl (C=O) groups is 2. The molecule has 288 valence electrons. The molecule has 0 aliphatic heterocycles. The summed E-state index contributed by atoms with van der Waals surface area (Å²) in [5.41, 5.74) is -0.660. The van der Waals surface area contributed by atoms with Crippen LogP contribution in [-0.4, -0.2) is 48.3 Å². The van der Waals surface area contributed by atoms with Crippen molar-refractivity contribution in [1.29, 1.82) is 0 Å². The molecule has 54 heavy (non-hydrogen) atoms. The van der Waals surface area contributed by atoms with Crippen LogP contribution in [0.1, 0.15) is 77.7 Å². The third-order valence-electron chi connectivity index (χ3n) is 8.83. The summed E-state index contributed by atoms with van der Waals surface area (Å²) >= 11 is 0. The molecule has 1 saturated carbocycles. The Hall–Kier alpha value is -5.03. The van der Waals surface area contributed by atoms with Crippen LogP contribution in [0, 0.1) is 23.3 Å². The van der Waals surface area contributed by atoms with E-state index in [4.69, 9.17) is 4.74 Å². The van der Waals surface area contributed by atoms with Gasteiger partial charge in [-0.1, -0.05) is 39.0 Å². The van der Waals surface area contributed by atoms with Gasteiger partial charge in [-0.05, 0) is 70.7 Å². The minimum Gasteiger partial charge on any atom is -0.495 e. The quantitative estimate of drug-likeness (QED) is 0.115. The number of halogens is 7. The van der Waals surface area contributed by atoms with Gasteiger partial charge in [0, 0.05) is 25.0 Å². The minimum absolute atomic E-state index is 0.0474. The molecule has 0 atom stereocenters. The molecule has 0 bridgehead atoms. The lowest BCUT2D eigenvalue weighted by atomic mass is 9.84. The van der Waals surface area contributed by atoms with Crippen LogP contribution < -0.4 is 9.64 Å². The molecule has 1 aromatic heterocycles. The van der Waals surface area contributed by atoms with E-state index >= 15 is 8.78 Å². The fourth-order valence-electron chi connectivity index (χ4n) is 5.81. The van der Waals surface area contributed by atoms with Gasteiger partial charge in [0.05, 0.1) is 37.0 Å². The normalized spacial score (nSPS) is 13.6. The van der Waals surface area contributed by atoms with E-state index in [1.807, 2.05) is 32.9 Å². The van der Waals surface area contributed by atoms with Crippen LogP contribution >= 0.6 is 0 Å². The van der Waals surface area contributed by atoms with Gasteiger partial charge >= 0.3 is 12.1 Å². The molecule has 0 saturated heterocycles. The Morgan fingerprint density at radius 2 is 1.57 bits per heavy atom. The Morgan fingerprint density at radius 3 is 2.13 bits per heavy atom. The van der Waals surface area contributed by atoms with Crippen LogP contribution in [0.25, 0.3) is 0 Å². The number of alkyl halides is 3. The predicted molar refractivity (Wildman–Crippen MR) is 181 cm³/mol. The monoisotopic (exact) mass is 781 g/mol. The molecule has 0 unspecified atom stereocenters. The lowest BCUT2D eigenvalue weighted by Gasteiger charge is -2.30. The number of rotatable bonds is 12. The van der Waals surface area contributed by atoms with Gasteiger partial charge in [0.1, 0.15) is 5.75 Å². The zero-order valence-corrected chi connectivity index (χ0v) is 30.1. The molecule has 1 heterocycles. The Kier molecular flexibility index (Phi) is 11.2. The average Bonchev–Trinajstić information content (AvgIpc) is 3.94. The maximum absolute atomic E-state index is 15.1. The highest BCUT2D eigenvalue weighted by Gasteiger charge is 2.40. The fourth-order valence-corrected chi connectivity index (χ4v) is 7.30. The van der Waals surface area contributed by atoms with Gasteiger partial charge in [-0.2, -0.15) is 17.5 Å². The highest BCUT2D eigenvalue weighted by molar-refractivity contribution is 7.89. The topological polar surface area (TPSA) is 117 Å². The standard InChI is InChI=1S/C37H34F7N3O6S/c1-36(2,3)25-12-20(11-23(13-25)21-5-6-21)17-47(29-8-7-22(35(49)50)14-30(29)53-4)31(48)19-46(18-24-16-45-10-9-26(24)37(42,43)44)54(51,52)34-32(40)27(38)15-28(39)33(34)41/h7-16,21H,5-6,17-19H2,1-4H3,(H,49,50). The highest BCUT2D eigenvalue weighted by atomic mass is 32.2. The number of benzene rings is 3. The third kappa shape index (κ3) is 8.51. The van der Waals surface area contributed by atoms with Gasteiger partial charge in [0.15, 0.2) is 28.2 Å². The first-order valence-electron chi connectivity index (χ1n) is 16.3. The molecule has 5 rings (SSSR count). The van der Waals surface area contributed by atoms with Gasteiger partial charge in [-0.15, -0.1) is 0 Å². The van der Waals surface area contributed by atoms with Crippen LogP contribution in [0.5, 0.6) is 5.75 Å². The Morgan fingerprint density at radius 1 is 0.926 bits per heavy atom. The highest BCUT2D eigenvalue weighted by Crippen LogP contribution is 2.42. The van der Waals surface area contributed by atoms with Crippen molar-refractivity contribution in [1.82, 2.24) is 9.29 Å². The number of carbonyl (C=O) groups excluding carboxylic acids is 1. The van der Waals surface area contributed by atoms with Gasteiger partial charge in [0.2, 0.25) is 15.9 Å². The third-order valence-corrected chi connectivity index (χ3v) is 10.6. The average molecular weight is 782 g/mol. The molecule has 1 amide bonds. The van der Waals surface area contributed by atoms with Crippen LogP contribution in [-0.2, 0) is 39.5 Å². The first kappa shape index (κ1) is 40.2. The molecule has 17 heteroatoms. The lowest BCUT2D eigenvalue weighted by Crippen LogP contribution is -2.43. The first-order valence-corrected chi connectivity index (χ1v) is 17.8. The molecule has 3 aromatic carbocycles. The van der Waals surface area contributed by atoms with E-state index in [0.29, 0.717) is 17.8 Å². The molecule has 1 fully saturated rings. The number of hydrogen-bond acceptors (Lipinski definition) is 6. The van der Waals surface area contributed by atoms with Gasteiger partial charge in [0.25, 0.3) is 0 Å². The van der Waals surface area contributed by atoms with E-state index in [1.54, 1.807) is 6.07 Å². The second kappa shape index (κ2) is 15.0. The largest absolute Gasteiger partial charge is 0.495 e. The molecular weight excluding hydrogens is 747 g/mol. The summed E-state index contributed by atoms with van der Waals surface area (Å²) in [6.07, 6.45) is -1.89. The second-order valence-electron chi connectivity index (χ2n) is 13.8. The van der Waals surface area contributed by atoms with Gasteiger partial charge in [-0.3, -0.25) is 9.78 Å². The summed E-state index contributed by atoms with van der Waals surface area (Å²) in [4.78, 5) is 28.7. The van der Waals surface area contributed by atoms with Crippen molar-refractivity contribution in [3.63, 3.8) is 0 Å². The zero-order valence-electron chi connectivity index (χ0n) is 29.3. The van der Waals surface area contributed by atoms with Crippen molar-refractivity contribution in [3.05, 3.63) is 118 Å². The van der Waals surface area contributed by atoms with Crippen molar-refractivity contribution in [2.45, 2.75) is 69.1 Å². The summed E-state index contributed by atoms with van der Waals surface area (Å²) in [5, 5.41) is 9.58. The first-order chi connectivity index (χ1) is 25.1. The van der Waals surface area contributed by atoms with Gasteiger partial charge in [-0.25, -0.2) is 30.8 Å². The number of pyridine rings is 1. The van der Waals surface area contributed by atoms with Gasteiger partial charge < -0.3 is 14.7 Å². The van der Waals surface area contributed by atoms with Crippen LogP contribution in [0.3, 0.4) is 0 Å². The van der Waals surface area contributed by atoms with Crippen LogP contribution in [0.2, 0.25) is 0 Å². The van der Waals surface area contributed by atoms with Crippen molar-refractivity contribution < 1.29 is 58.6 Å². The molecule has 1 aliphatic rings. The number of sulfonamides is 1. The number of carboxylic acids is 1. The molecule has 1 aliphatic carbocycles. The molecule has 1 N–H and O–H groups in total. The number of hydrogen-bond donors (Lipinski definition) is 1. The molecule has 4 aromatic rings. The molecule has 0 spiro atoms. The Bertz CT molecular complexity index is 2190. The number of aromatic nitrogens is 1. The van der Waals surface area contributed by atoms with E-state index in [9.17, 15) is 45.1 Å². The van der Waals surface area contributed by atoms with Crippen LogP contribution in [0.4, 0.5) is 36.4 Å². The summed E-state index contributed by atoms with van der Waals surface area (Å²) in [6, 6.07) is 9.30. The number of carboxylic acid groups (broad SMARTS) is 1. The number of nitrogens with zero attached hydrogens (tertiary/aromatic N) is 3. The number of aromatic carboxylic acids is 1. The zero-order chi connectivity index (χ0) is 39.9. The second-order valence-corrected chi connectivity index (χ2v) is 15.6. The van der Waals surface area contributed by atoms with E-state index in [2.05, 4.69) is 4.98 Å². The molecular formula is C37H34F7N3O6S. The molecule has 9 nitrogen and oxygen atoms in total. The van der Waals surface area contributed by atoms with Crippen LogP contribution in [0.15, 0.2) is 65.8 Å². The minimum atomic E-state index is -5.87. The molecule has 0 radical (unpaired) electrons. The summed E-state index contributed by atoms with van der Waals surface area (Å²) in [6.45, 7) is 2.72. The van der Waals surface area contributed by atoms with E-state index in [1.165, 1.54) is 13.2 Å². The number of anilines is 1. The fraction of sp³-hybridized carbons (Fsp3) is 0.324. The lowest BCUT2D eigenvalue weighted by molar-refractivity contribution is -0.138. The van der Waals surface area contributed by atoms with E-state index in [-0.39, 0.29) is 45.2 Å². The van der Waals surface area contributed by atoms with Crippen molar-refractivity contribution in [2.75, 3.05) is 18.6 Å². The summed E-state index contributed by atoms with van der Waals surface area (Å²) in [7, 11) is -4.70. The SMILES string of the molecule is COc1cc(C(=O)O)ccc1N(Cc1cc(C2CC2)cc(C(C)(C)C)c1)C(=O)CN(Cc1cnccc1C(F)(F)F)S(=O)(=O)c1c(F)c(F)cc(F)c1F. The van der Waals surface area contributed by atoms with Crippen molar-refractivity contribution >= 4 is 27.6 Å². The number of amides is 1. The van der Waals surface area contributed by atoms with E-state index < -0.39 is 80.5 Å². The van der Waals surface area contributed by atoms with E-state index in [0.717, 1.165) is 47.2 Å². The number of ether oxygens (including phenoxy) is 1. The maximum atomic E-state index is 15.1. The predicted octanol–water partition coefficient (Wildman–Crippen LogP) is 7.96. The maximum Gasteiger partial charge on any atom is 0.416 e. The van der Waals surface area contributed by atoms with Crippen molar-refractivity contribution in [3.8, 4) is 5.75 Å². The summed E-state index contributed by atoms with van der Waals surface area (Å²) < 4.78 is 134. The summed E-state index contributed by atoms with van der Waals surface area (Å²) in [5.74, 6) is -11.5. The smallest absolute Gasteiger partial charge is 0.416 e. The van der Waals surface area contributed by atoms with Crippen molar-refractivity contribution in [2.24, 2.45) is 0 Å².